The molecule has 0 rings (SSSR count). The first-order valence-corrected chi connectivity index (χ1v) is 5.58. The van der Waals surface area contributed by atoms with Crippen molar-refractivity contribution in [1.29, 1.82) is 10.8 Å². The van der Waals surface area contributed by atoms with Gasteiger partial charge in [0.05, 0.1) is 0 Å². The van der Waals surface area contributed by atoms with Crippen molar-refractivity contribution in [3.63, 3.8) is 0 Å². The van der Waals surface area contributed by atoms with Gasteiger partial charge in [-0.25, -0.2) is 0 Å². The van der Waals surface area contributed by atoms with E-state index in [0.717, 1.165) is 31.9 Å². The molecule has 0 saturated heterocycles. The van der Waals surface area contributed by atoms with Crippen LogP contribution in [0.1, 0.15) is 46.0 Å². The molecule has 0 aliphatic heterocycles. The van der Waals surface area contributed by atoms with Gasteiger partial charge in [0.25, 0.3) is 0 Å². The molecule has 0 aromatic carbocycles. The lowest BCUT2D eigenvalue weighted by atomic mass is 10.1. The molecule has 2 N–H and O–H groups in total. The number of nitrogens with one attached hydrogen (secondary N) is 2. The Morgan fingerprint density at radius 3 is 2.53 bits per heavy atom. The number of hydrogen-bond acceptors (Lipinski definition) is 2. The molecule has 0 fully saturated rings. The van der Waals surface area contributed by atoms with E-state index in [1.807, 2.05) is 6.92 Å². The van der Waals surface area contributed by atoms with E-state index in [2.05, 4.69) is 25.2 Å². The van der Waals surface area contributed by atoms with Crippen molar-refractivity contribution < 1.29 is 0 Å². The van der Waals surface area contributed by atoms with Crippen LogP contribution in [0.15, 0.2) is 23.8 Å². The predicted molar refractivity (Wildman–Crippen MR) is 68.2 cm³/mol. The van der Waals surface area contributed by atoms with E-state index in [9.17, 15) is 0 Å². The molecule has 0 aliphatic rings. The smallest absolute Gasteiger partial charge is 0.0489 e. The van der Waals surface area contributed by atoms with Gasteiger partial charge < -0.3 is 10.8 Å². The van der Waals surface area contributed by atoms with Crippen molar-refractivity contribution in [1.82, 2.24) is 0 Å². The van der Waals surface area contributed by atoms with Crippen LogP contribution in [0.2, 0.25) is 0 Å². The Hall–Kier alpha value is -1.18. The summed E-state index contributed by atoms with van der Waals surface area (Å²) >= 11 is 0. The molecule has 0 aromatic heterocycles. The van der Waals surface area contributed by atoms with Crippen LogP contribution in [0, 0.1) is 10.8 Å². The Balaban J connectivity index is 3.36. The first kappa shape index (κ1) is 13.8. The molecule has 0 unspecified atom stereocenters. The van der Waals surface area contributed by atoms with Gasteiger partial charge in [0, 0.05) is 11.9 Å². The number of rotatable bonds is 8. The zero-order valence-electron chi connectivity index (χ0n) is 9.84. The van der Waals surface area contributed by atoms with Gasteiger partial charge in [-0.05, 0) is 39.5 Å². The number of unbranched alkanes of at least 4 members (excludes halogenated alkanes) is 3. The van der Waals surface area contributed by atoms with Gasteiger partial charge in [-0.15, -0.1) is 0 Å². The van der Waals surface area contributed by atoms with E-state index in [1.54, 1.807) is 0 Å². The Bertz CT molecular complexity index is 249. The summed E-state index contributed by atoms with van der Waals surface area (Å²) in [5.41, 5.74) is 1.75. The molecule has 0 saturated carbocycles. The summed E-state index contributed by atoms with van der Waals surface area (Å²) in [6, 6.07) is 0. The Morgan fingerprint density at radius 1 is 1.20 bits per heavy atom. The molecule has 0 aromatic rings. The maximum absolute atomic E-state index is 7.27. The van der Waals surface area contributed by atoms with Gasteiger partial charge in [-0.3, -0.25) is 0 Å². The van der Waals surface area contributed by atoms with Gasteiger partial charge in [0.1, 0.15) is 0 Å². The summed E-state index contributed by atoms with van der Waals surface area (Å²) in [5, 5.41) is 14.1. The van der Waals surface area contributed by atoms with E-state index < -0.39 is 0 Å². The standard InChI is InChI=1S/C13H22N2/c1-3-12(2)9-7-5-4-6-8-10-13(15)11-14/h3,7,9,11,14-15H,4-6,8,10H2,1-2H3/b9-7-,12-3-,14-11?,15-13?. The first-order chi connectivity index (χ1) is 7.20. The topological polar surface area (TPSA) is 47.7 Å². The molecule has 0 aliphatic carbocycles. The maximum Gasteiger partial charge on any atom is 0.0489 e. The molecule has 84 valence electrons. The molecule has 2 heteroatoms. The fourth-order valence-electron chi connectivity index (χ4n) is 1.19. The summed E-state index contributed by atoms with van der Waals surface area (Å²) in [7, 11) is 0. The fraction of sp³-hybridized carbons (Fsp3) is 0.538. The van der Waals surface area contributed by atoms with Gasteiger partial charge in [-0.2, -0.15) is 0 Å². The first-order valence-electron chi connectivity index (χ1n) is 5.58. The number of hydrogen-bond donors (Lipinski definition) is 2. The highest BCUT2D eigenvalue weighted by Crippen LogP contribution is 2.05. The fourth-order valence-corrected chi connectivity index (χ4v) is 1.19. The molecule has 0 radical (unpaired) electrons. The third-order valence-corrected chi connectivity index (χ3v) is 2.33. The predicted octanol–water partition coefficient (Wildman–Crippen LogP) is 4.13. The lowest BCUT2D eigenvalue weighted by Crippen LogP contribution is -1.95. The second-order valence-corrected chi connectivity index (χ2v) is 3.70. The monoisotopic (exact) mass is 206 g/mol. The van der Waals surface area contributed by atoms with Crippen molar-refractivity contribution in [3.8, 4) is 0 Å². The molecule has 0 spiro atoms. The molecular formula is C13H22N2. The minimum absolute atomic E-state index is 0.440. The van der Waals surface area contributed by atoms with E-state index in [-0.39, 0.29) is 0 Å². The Labute approximate surface area is 93.1 Å². The third-order valence-electron chi connectivity index (χ3n) is 2.33. The zero-order valence-corrected chi connectivity index (χ0v) is 9.84. The molecule has 0 bridgehead atoms. The summed E-state index contributed by atoms with van der Waals surface area (Å²) < 4.78 is 0. The second-order valence-electron chi connectivity index (χ2n) is 3.70. The Kier molecular flexibility index (Phi) is 8.64. The Morgan fingerprint density at radius 2 is 1.93 bits per heavy atom. The van der Waals surface area contributed by atoms with Crippen LogP contribution >= 0.6 is 0 Å². The van der Waals surface area contributed by atoms with E-state index >= 15 is 0 Å². The lowest BCUT2D eigenvalue weighted by Gasteiger charge is -1.97. The van der Waals surface area contributed by atoms with Gasteiger partial charge in [0.15, 0.2) is 0 Å². The SMILES string of the molecule is C/C=C(C)\C=C/CCCCCC(=N)C=N. The van der Waals surface area contributed by atoms with E-state index in [4.69, 9.17) is 10.8 Å². The van der Waals surface area contributed by atoms with Crippen LogP contribution in [0.25, 0.3) is 0 Å². The summed E-state index contributed by atoms with van der Waals surface area (Å²) in [4.78, 5) is 0. The van der Waals surface area contributed by atoms with Crippen LogP contribution < -0.4 is 0 Å². The van der Waals surface area contributed by atoms with Gasteiger partial charge in [0.2, 0.25) is 0 Å². The number of allylic oxidation sites excluding steroid dienone is 4. The van der Waals surface area contributed by atoms with Crippen molar-refractivity contribution >= 4 is 11.9 Å². The largest absolute Gasteiger partial charge is 0.307 e. The van der Waals surface area contributed by atoms with Crippen molar-refractivity contribution in [2.45, 2.75) is 46.0 Å². The normalized spacial score (nSPS) is 12.0. The minimum atomic E-state index is 0.440. The van der Waals surface area contributed by atoms with Crippen molar-refractivity contribution in [3.05, 3.63) is 23.8 Å². The van der Waals surface area contributed by atoms with Gasteiger partial charge in [-0.1, -0.05) is 30.2 Å². The summed E-state index contributed by atoms with van der Waals surface area (Å²) in [5.74, 6) is 0. The van der Waals surface area contributed by atoms with E-state index in [0.29, 0.717) is 5.71 Å². The molecule has 0 atom stereocenters. The zero-order chi connectivity index (χ0) is 11.5. The minimum Gasteiger partial charge on any atom is -0.307 e. The molecule has 0 amide bonds. The van der Waals surface area contributed by atoms with Crippen LogP contribution in [0.3, 0.4) is 0 Å². The summed E-state index contributed by atoms with van der Waals surface area (Å²) in [6.07, 6.45) is 12.8. The third kappa shape index (κ3) is 9.13. The van der Waals surface area contributed by atoms with Crippen LogP contribution in [0.4, 0.5) is 0 Å². The van der Waals surface area contributed by atoms with E-state index in [1.165, 1.54) is 12.0 Å². The van der Waals surface area contributed by atoms with Crippen molar-refractivity contribution in [2.75, 3.05) is 0 Å². The quantitative estimate of drug-likeness (QED) is 0.341. The molecule has 0 heterocycles. The van der Waals surface area contributed by atoms with Crippen LogP contribution in [-0.4, -0.2) is 11.9 Å². The molecule has 2 nitrogen and oxygen atoms in total. The second kappa shape index (κ2) is 9.38. The highest BCUT2D eigenvalue weighted by molar-refractivity contribution is 6.27. The average Bonchev–Trinajstić information content (AvgIpc) is 2.26. The van der Waals surface area contributed by atoms with Crippen LogP contribution in [-0.2, 0) is 0 Å². The van der Waals surface area contributed by atoms with Gasteiger partial charge >= 0.3 is 0 Å². The lowest BCUT2D eigenvalue weighted by molar-refractivity contribution is 0.707. The average molecular weight is 206 g/mol. The van der Waals surface area contributed by atoms with Crippen molar-refractivity contribution in [2.24, 2.45) is 0 Å². The highest BCUT2D eigenvalue weighted by atomic mass is 14.4. The highest BCUT2D eigenvalue weighted by Gasteiger charge is 1.92. The van der Waals surface area contributed by atoms with Crippen LogP contribution in [0.5, 0.6) is 0 Å². The molecule has 15 heavy (non-hydrogen) atoms. The summed E-state index contributed by atoms with van der Waals surface area (Å²) in [6.45, 7) is 4.14. The molecular weight excluding hydrogens is 184 g/mol. The maximum atomic E-state index is 7.27.